The van der Waals surface area contributed by atoms with Crippen molar-refractivity contribution in [3.8, 4) is 0 Å². The van der Waals surface area contributed by atoms with Crippen molar-refractivity contribution in [1.82, 2.24) is 9.80 Å². The number of nitrogens with one attached hydrogen (secondary N) is 1. The van der Waals surface area contributed by atoms with Crippen molar-refractivity contribution >= 4 is 23.3 Å². The lowest BCUT2D eigenvalue weighted by atomic mass is 10.2. The maximum absolute atomic E-state index is 13.7. The van der Waals surface area contributed by atoms with Gasteiger partial charge in [0.2, 0.25) is 5.91 Å². The Morgan fingerprint density at radius 2 is 1.92 bits per heavy atom. The summed E-state index contributed by atoms with van der Waals surface area (Å²) in [5.74, 6) is -0.334. The Bertz CT molecular complexity index is 636. The molecule has 1 aliphatic heterocycles. The molecule has 0 atom stereocenters. The van der Waals surface area contributed by atoms with Gasteiger partial charge in [-0.1, -0.05) is 0 Å². The molecule has 0 bridgehead atoms. The second-order valence-corrected chi connectivity index (χ2v) is 6.64. The van der Waals surface area contributed by atoms with E-state index in [0.29, 0.717) is 25.3 Å². The molecule has 1 fully saturated rings. The van der Waals surface area contributed by atoms with Crippen molar-refractivity contribution in [2.24, 2.45) is 0 Å². The van der Waals surface area contributed by atoms with E-state index >= 15 is 0 Å². The van der Waals surface area contributed by atoms with Crippen LogP contribution in [0.4, 0.5) is 20.6 Å². The first-order chi connectivity index (χ1) is 11.8. The Balaban J connectivity index is 2.20. The molecule has 0 radical (unpaired) electrons. The molecule has 3 amide bonds. The quantitative estimate of drug-likeness (QED) is 0.912. The van der Waals surface area contributed by atoms with E-state index in [4.69, 9.17) is 0 Å². The lowest BCUT2D eigenvalue weighted by Crippen LogP contribution is -2.37. The predicted molar refractivity (Wildman–Crippen MR) is 97.4 cm³/mol. The van der Waals surface area contributed by atoms with Crippen LogP contribution in [0.15, 0.2) is 18.2 Å². The summed E-state index contributed by atoms with van der Waals surface area (Å²) in [5.41, 5.74) is 1.23. The Hall–Kier alpha value is -2.31. The van der Waals surface area contributed by atoms with Crippen LogP contribution in [-0.4, -0.2) is 61.0 Å². The molecule has 0 spiro atoms. The number of benzene rings is 1. The van der Waals surface area contributed by atoms with E-state index in [1.165, 1.54) is 12.1 Å². The topological polar surface area (TPSA) is 55.9 Å². The lowest BCUT2D eigenvalue weighted by Gasteiger charge is -2.27. The molecule has 0 aliphatic carbocycles. The van der Waals surface area contributed by atoms with E-state index in [2.05, 4.69) is 10.2 Å². The molecule has 0 aromatic heterocycles. The zero-order chi connectivity index (χ0) is 18.6. The van der Waals surface area contributed by atoms with E-state index in [0.717, 1.165) is 18.7 Å². The van der Waals surface area contributed by atoms with E-state index in [1.54, 1.807) is 24.9 Å². The highest BCUT2D eigenvalue weighted by Gasteiger charge is 2.21. The Kier molecular flexibility index (Phi) is 6.22. The zero-order valence-corrected chi connectivity index (χ0v) is 15.4. The molecule has 0 unspecified atom stereocenters. The Labute approximate surface area is 148 Å². The van der Waals surface area contributed by atoms with Crippen LogP contribution in [0.2, 0.25) is 0 Å². The number of hydrogen-bond acceptors (Lipinski definition) is 3. The Morgan fingerprint density at radius 3 is 2.56 bits per heavy atom. The minimum Gasteiger partial charge on any atom is -0.368 e. The molecule has 7 heteroatoms. The van der Waals surface area contributed by atoms with Gasteiger partial charge in [0.25, 0.3) is 0 Å². The van der Waals surface area contributed by atoms with Gasteiger partial charge >= 0.3 is 6.03 Å². The van der Waals surface area contributed by atoms with Crippen LogP contribution in [0, 0.1) is 5.82 Å². The third kappa shape index (κ3) is 4.84. The van der Waals surface area contributed by atoms with Crippen LogP contribution in [-0.2, 0) is 4.79 Å². The number of carbonyl (C=O) groups is 2. The minimum absolute atomic E-state index is 0.0410. The van der Waals surface area contributed by atoms with Gasteiger partial charge in [-0.05, 0) is 38.5 Å². The summed E-state index contributed by atoms with van der Waals surface area (Å²) in [6.07, 6.45) is 0.830. The number of nitrogens with zero attached hydrogens (tertiary/aromatic N) is 3. The summed E-state index contributed by atoms with van der Waals surface area (Å²) in [7, 11) is 1.70. The van der Waals surface area contributed by atoms with E-state index in [-0.39, 0.29) is 18.0 Å². The normalized spacial score (nSPS) is 15.1. The zero-order valence-electron chi connectivity index (χ0n) is 15.4. The van der Waals surface area contributed by atoms with E-state index in [9.17, 15) is 14.0 Å². The fourth-order valence-corrected chi connectivity index (χ4v) is 2.80. The standard InChI is InChI=1S/C18H27FN4O2/c1-13(2)21(4)18(25)20-16-12-15(19)6-7-17(16)23-9-5-8-22(10-11-23)14(3)24/h6-7,12-13H,5,8-11H2,1-4H3,(H,20,25). The fourth-order valence-electron chi connectivity index (χ4n) is 2.80. The summed E-state index contributed by atoms with van der Waals surface area (Å²) in [6.45, 7) is 8.12. The molecule has 1 aromatic carbocycles. The van der Waals surface area contributed by atoms with Crippen LogP contribution in [0.3, 0.4) is 0 Å². The van der Waals surface area contributed by atoms with Crippen molar-refractivity contribution in [1.29, 1.82) is 0 Å². The second kappa shape index (κ2) is 8.18. The summed E-state index contributed by atoms with van der Waals surface area (Å²) >= 11 is 0. The molecule has 138 valence electrons. The molecule has 1 heterocycles. The molecule has 1 aliphatic rings. The third-order valence-electron chi connectivity index (χ3n) is 4.58. The van der Waals surface area contributed by atoms with Gasteiger partial charge in [-0.15, -0.1) is 0 Å². The van der Waals surface area contributed by atoms with Crippen LogP contribution in [0.5, 0.6) is 0 Å². The van der Waals surface area contributed by atoms with Crippen LogP contribution in [0.1, 0.15) is 27.2 Å². The van der Waals surface area contributed by atoms with Crippen LogP contribution in [0.25, 0.3) is 0 Å². The van der Waals surface area contributed by atoms with Crippen molar-refractivity contribution < 1.29 is 14.0 Å². The van der Waals surface area contributed by atoms with E-state index < -0.39 is 5.82 Å². The van der Waals surface area contributed by atoms with Gasteiger partial charge in [-0.25, -0.2) is 9.18 Å². The second-order valence-electron chi connectivity index (χ2n) is 6.64. The number of rotatable bonds is 3. The average Bonchev–Trinajstić information content (AvgIpc) is 2.80. The number of amides is 3. The van der Waals surface area contributed by atoms with Crippen molar-refractivity contribution in [3.63, 3.8) is 0 Å². The first-order valence-corrected chi connectivity index (χ1v) is 8.63. The molecular formula is C18H27FN4O2. The van der Waals surface area contributed by atoms with Crippen molar-refractivity contribution in [3.05, 3.63) is 24.0 Å². The van der Waals surface area contributed by atoms with Gasteiger partial charge in [0.05, 0.1) is 11.4 Å². The van der Waals surface area contributed by atoms with Gasteiger partial charge in [0.1, 0.15) is 5.82 Å². The highest BCUT2D eigenvalue weighted by Crippen LogP contribution is 2.28. The third-order valence-corrected chi connectivity index (χ3v) is 4.58. The fraction of sp³-hybridized carbons (Fsp3) is 0.556. The van der Waals surface area contributed by atoms with Crippen molar-refractivity contribution in [2.75, 3.05) is 43.4 Å². The summed E-state index contributed by atoms with van der Waals surface area (Å²) < 4.78 is 13.7. The smallest absolute Gasteiger partial charge is 0.321 e. The first kappa shape index (κ1) is 19.0. The van der Waals surface area contributed by atoms with Gasteiger partial charge in [0, 0.05) is 46.2 Å². The molecule has 1 N–H and O–H groups in total. The largest absolute Gasteiger partial charge is 0.368 e. The lowest BCUT2D eigenvalue weighted by molar-refractivity contribution is -0.128. The number of urea groups is 1. The van der Waals surface area contributed by atoms with Crippen LogP contribution < -0.4 is 10.2 Å². The molecule has 6 nitrogen and oxygen atoms in total. The monoisotopic (exact) mass is 350 g/mol. The highest BCUT2D eigenvalue weighted by atomic mass is 19.1. The molecule has 1 aromatic rings. The van der Waals surface area contributed by atoms with E-state index in [1.807, 2.05) is 18.7 Å². The summed E-state index contributed by atoms with van der Waals surface area (Å²) in [5, 5.41) is 2.81. The molecular weight excluding hydrogens is 323 g/mol. The molecule has 25 heavy (non-hydrogen) atoms. The molecule has 0 saturated carbocycles. The van der Waals surface area contributed by atoms with Gasteiger partial charge < -0.3 is 20.0 Å². The minimum atomic E-state index is -0.397. The SMILES string of the molecule is CC(=O)N1CCCN(c2ccc(F)cc2NC(=O)N(C)C(C)C)CC1. The average molecular weight is 350 g/mol. The number of halogens is 1. The number of hydrogen-bond donors (Lipinski definition) is 1. The maximum atomic E-state index is 13.7. The number of anilines is 2. The van der Waals surface area contributed by atoms with Crippen molar-refractivity contribution in [2.45, 2.75) is 33.2 Å². The summed E-state index contributed by atoms with van der Waals surface area (Å²) in [4.78, 5) is 29.4. The first-order valence-electron chi connectivity index (χ1n) is 8.63. The predicted octanol–water partition coefficient (Wildman–Crippen LogP) is 2.76. The molecule has 1 saturated heterocycles. The number of carbonyl (C=O) groups excluding carboxylic acids is 2. The van der Waals surface area contributed by atoms with Gasteiger partial charge in [0.15, 0.2) is 0 Å². The summed E-state index contributed by atoms with van der Waals surface area (Å²) in [6, 6.07) is 4.19. The molecule has 2 rings (SSSR count). The highest BCUT2D eigenvalue weighted by molar-refractivity contribution is 5.93. The maximum Gasteiger partial charge on any atom is 0.321 e. The Morgan fingerprint density at radius 1 is 1.20 bits per heavy atom. The van der Waals surface area contributed by atoms with Crippen LogP contribution >= 0.6 is 0 Å². The van der Waals surface area contributed by atoms with Gasteiger partial charge in [-0.2, -0.15) is 0 Å². The van der Waals surface area contributed by atoms with Gasteiger partial charge in [-0.3, -0.25) is 4.79 Å².